The first-order chi connectivity index (χ1) is 7.66. The van der Waals surface area contributed by atoms with Crippen molar-refractivity contribution < 1.29 is 0 Å². The number of nitrogens with one attached hydrogen (secondary N) is 1. The number of imidazole rings is 1. The lowest BCUT2D eigenvalue weighted by Gasteiger charge is -2.11. The SMILES string of the molecule is Cc1cc(C(N)Cc2ncc[nH]2)ccc1Cl. The molecule has 1 heterocycles. The molecule has 16 heavy (non-hydrogen) atoms. The molecule has 4 heteroatoms. The summed E-state index contributed by atoms with van der Waals surface area (Å²) < 4.78 is 0. The Morgan fingerprint density at radius 2 is 2.31 bits per heavy atom. The van der Waals surface area contributed by atoms with Crippen LogP contribution in [-0.2, 0) is 6.42 Å². The van der Waals surface area contributed by atoms with Gasteiger partial charge < -0.3 is 10.7 Å². The maximum absolute atomic E-state index is 6.10. The third-order valence-electron chi connectivity index (χ3n) is 2.58. The Morgan fingerprint density at radius 1 is 1.50 bits per heavy atom. The van der Waals surface area contributed by atoms with Crippen molar-refractivity contribution >= 4 is 11.6 Å². The molecule has 3 nitrogen and oxygen atoms in total. The van der Waals surface area contributed by atoms with Gasteiger partial charge in [-0.1, -0.05) is 23.7 Å². The molecule has 0 saturated heterocycles. The van der Waals surface area contributed by atoms with E-state index in [4.69, 9.17) is 17.3 Å². The van der Waals surface area contributed by atoms with Crippen LogP contribution in [0, 0.1) is 6.92 Å². The van der Waals surface area contributed by atoms with Gasteiger partial charge in [-0.15, -0.1) is 0 Å². The lowest BCUT2D eigenvalue weighted by atomic mass is 10.0. The smallest absolute Gasteiger partial charge is 0.107 e. The van der Waals surface area contributed by atoms with Crippen molar-refractivity contribution in [2.45, 2.75) is 19.4 Å². The molecule has 0 amide bonds. The second-order valence-electron chi connectivity index (χ2n) is 3.86. The highest BCUT2D eigenvalue weighted by Crippen LogP contribution is 2.21. The summed E-state index contributed by atoms with van der Waals surface area (Å²) in [5.74, 6) is 0.903. The molecule has 84 valence electrons. The second kappa shape index (κ2) is 4.68. The minimum Gasteiger partial charge on any atom is -0.349 e. The second-order valence-corrected chi connectivity index (χ2v) is 4.26. The zero-order valence-corrected chi connectivity index (χ0v) is 9.83. The van der Waals surface area contributed by atoms with E-state index >= 15 is 0 Å². The maximum atomic E-state index is 6.10. The molecule has 0 aliphatic heterocycles. The quantitative estimate of drug-likeness (QED) is 0.859. The highest BCUT2D eigenvalue weighted by molar-refractivity contribution is 6.31. The molecule has 0 spiro atoms. The van der Waals surface area contributed by atoms with Crippen molar-refractivity contribution in [2.75, 3.05) is 0 Å². The number of hydrogen-bond donors (Lipinski definition) is 2. The van der Waals surface area contributed by atoms with Gasteiger partial charge in [0.25, 0.3) is 0 Å². The van der Waals surface area contributed by atoms with Gasteiger partial charge in [0.15, 0.2) is 0 Å². The van der Waals surface area contributed by atoms with Crippen LogP contribution in [0.3, 0.4) is 0 Å². The highest BCUT2D eigenvalue weighted by Gasteiger charge is 2.09. The standard InChI is InChI=1S/C12H14ClN3/c1-8-6-9(2-3-10(8)13)11(14)7-12-15-4-5-16-12/h2-6,11H,7,14H2,1H3,(H,15,16). The summed E-state index contributed by atoms with van der Waals surface area (Å²) in [4.78, 5) is 7.21. The number of H-pyrrole nitrogens is 1. The number of aryl methyl sites for hydroxylation is 1. The van der Waals surface area contributed by atoms with Crippen molar-refractivity contribution in [3.63, 3.8) is 0 Å². The van der Waals surface area contributed by atoms with Crippen molar-refractivity contribution in [3.05, 3.63) is 52.6 Å². The molecule has 1 aromatic heterocycles. The number of hydrogen-bond acceptors (Lipinski definition) is 2. The number of rotatable bonds is 3. The lowest BCUT2D eigenvalue weighted by Crippen LogP contribution is -2.14. The molecular weight excluding hydrogens is 222 g/mol. The first-order valence-corrected chi connectivity index (χ1v) is 5.54. The Kier molecular flexibility index (Phi) is 3.27. The Labute approximate surface area is 99.7 Å². The van der Waals surface area contributed by atoms with E-state index in [-0.39, 0.29) is 6.04 Å². The van der Waals surface area contributed by atoms with Crippen LogP contribution in [0.1, 0.15) is 23.0 Å². The molecular formula is C12H14ClN3. The van der Waals surface area contributed by atoms with E-state index < -0.39 is 0 Å². The fourth-order valence-corrected chi connectivity index (χ4v) is 1.75. The third kappa shape index (κ3) is 2.43. The summed E-state index contributed by atoms with van der Waals surface area (Å²) in [5.41, 5.74) is 8.23. The fraction of sp³-hybridized carbons (Fsp3) is 0.250. The van der Waals surface area contributed by atoms with Gasteiger partial charge in [0.05, 0.1) is 0 Å². The van der Waals surface area contributed by atoms with Crippen LogP contribution in [-0.4, -0.2) is 9.97 Å². The Hall–Kier alpha value is -1.32. The van der Waals surface area contributed by atoms with E-state index in [9.17, 15) is 0 Å². The average Bonchev–Trinajstić information content (AvgIpc) is 2.74. The lowest BCUT2D eigenvalue weighted by molar-refractivity contribution is 0.694. The predicted molar refractivity (Wildman–Crippen MR) is 65.4 cm³/mol. The molecule has 1 unspecified atom stereocenters. The Morgan fingerprint density at radius 3 is 2.94 bits per heavy atom. The topological polar surface area (TPSA) is 54.7 Å². The van der Waals surface area contributed by atoms with Crippen molar-refractivity contribution in [2.24, 2.45) is 5.73 Å². The van der Waals surface area contributed by atoms with Gasteiger partial charge in [-0.05, 0) is 24.1 Å². The summed E-state index contributed by atoms with van der Waals surface area (Å²) in [6.45, 7) is 1.98. The number of halogens is 1. The van der Waals surface area contributed by atoms with Gasteiger partial charge in [-0.2, -0.15) is 0 Å². The first-order valence-electron chi connectivity index (χ1n) is 5.16. The van der Waals surface area contributed by atoms with E-state index in [1.165, 1.54) is 0 Å². The van der Waals surface area contributed by atoms with E-state index in [1.807, 2.05) is 25.1 Å². The summed E-state index contributed by atoms with van der Waals surface area (Å²) >= 11 is 5.97. The van der Waals surface area contributed by atoms with Crippen molar-refractivity contribution in [1.29, 1.82) is 0 Å². The molecule has 0 fully saturated rings. The monoisotopic (exact) mass is 235 g/mol. The molecule has 3 N–H and O–H groups in total. The Balaban J connectivity index is 2.14. The molecule has 0 radical (unpaired) electrons. The van der Waals surface area contributed by atoms with Gasteiger partial charge in [-0.25, -0.2) is 4.98 Å². The molecule has 0 aliphatic rings. The maximum Gasteiger partial charge on any atom is 0.107 e. The van der Waals surface area contributed by atoms with E-state index in [0.29, 0.717) is 6.42 Å². The van der Waals surface area contributed by atoms with Crippen LogP contribution in [0.2, 0.25) is 5.02 Å². The summed E-state index contributed by atoms with van der Waals surface area (Å²) in [6.07, 6.45) is 4.23. The molecule has 1 aromatic carbocycles. The average molecular weight is 236 g/mol. The number of nitrogens with zero attached hydrogens (tertiary/aromatic N) is 1. The van der Waals surface area contributed by atoms with E-state index in [0.717, 1.165) is 22.0 Å². The number of aromatic nitrogens is 2. The van der Waals surface area contributed by atoms with Gasteiger partial charge in [0, 0.05) is 29.9 Å². The predicted octanol–water partition coefficient (Wildman–Crippen LogP) is 2.61. The molecule has 0 saturated carbocycles. The molecule has 1 atom stereocenters. The minimum atomic E-state index is -0.0536. The third-order valence-corrected chi connectivity index (χ3v) is 3.00. The number of benzene rings is 1. The summed E-state index contributed by atoms with van der Waals surface area (Å²) in [5, 5.41) is 0.772. The normalized spacial score (nSPS) is 12.7. The zero-order chi connectivity index (χ0) is 11.5. The number of nitrogens with two attached hydrogens (primary N) is 1. The van der Waals surface area contributed by atoms with E-state index in [1.54, 1.807) is 12.4 Å². The number of aromatic amines is 1. The van der Waals surface area contributed by atoms with Crippen LogP contribution in [0.5, 0.6) is 0 Å². The van der Waals surface area contributed by atoms with Gasteiger partial charge in [-0.3, -0.25) is 0 Å². The van der Waals surface area contributed by atoms with Gasteiger partial charge in [0.2, 0.25) is 0 Å². The zero-order valence-electron chi connectivity index (χ0n) is 9.07. The highest BCUT2D eigenvalue weighted by atomic mass is 35.5. The molecule has 0 aliphatic carbocycles. The van der Waals surface area contributed by atoms with Crippen LogP contribution in [0.15, 0.2) is 30.6 Å². The molecule has 0 bridgehead atoms. The fourth-order valence-electron chi connectivity index (χ4n) is 1.63. The largest absolute Gasteiger partial charge is 0.349 e. The van der Waals surface area contributed by atoms with E-state index in [2.05, 4.69) is 9.97 Å². The van der Waals surface area contributed by atoms with Crippen LogP contribution >= 0.6 is 11.6 Å². The van der Waals surface area contributed by atoms with Crippen molar-refractivity contribution in [1.82, 2.24) is 9.97 Å². The van der Waals surface area contributed by atoms with Crippen LogP contribution < -0.4 is 5.73 Å². The minimum absolute atomic E-state index is 0.0536. The van der Waals surface area contributed by atoms with Crippen molar-refractivity contribution in [3.8, 4) is 0 Å². The molecule has 2 rings (SSSR count). The first kappa shape index (κ1) is 11.2. The molecule has 2 aromatic rings. The van der Waals surface area contributed by atoms with Gasteiger partial charge in [0.1, 0.15) is 5.82 Å². The van der Waals surface area contributed by atoms with Crippen LogP contribution in [0.25, 0.3) is 0 Å². The van der Waals surface area contributed by atoms with Gasteiger partial charge >= 0.3 is 0 Å². The summed E-state index contributed by atoms with van der Waals surface area (Å²) in [7, 11) is 0. The van der Waals surface area contributed by atoms with Crippen LogP contribution in [0.4, 0.5) is 0 Å². The Bertz CT molecular complexity index is 465. The summed E-state index contributed by atoms with van der Waals surface area (Å²) in [6, 6.07) is 5.81.